The normalized spacial score (nSPS) is 20.4. The van der Waals surface area contributed by atoms with Crippen LogP contribution in [0.25, 0.3) is 0 Å². The summed E-state index contributed by atoms with van der Waals surface area (Å²) in [6, 6.07) is 4.63. The SMILES string of the molecule is CNC.O=C(NCCCS)c1ccc(Nc2ncc3c(n2)N(C2CCCC2)C2(CCNC2=O)C3)cc1F. The number of thiol groups is 1. The van der Waals surface area contributed by atoms with Gasteiger partial charge >= 0.3 is 0 Å². The molecule has 2 amide bonds. The Morgan fingerprint density at radius 1 is 1.30 bits per heavy atom. The summed E-state index contributed by atoms with van der Waals surface area (Å²) >= 11 is 4.11. The Kier molecular flexibility index (Phi) is 8.86. The number of hydrogen-bond donors (Lipinski definition) is 5. The number of rotatable bonds is 7. The second kappa shape index (κ2) is 12.1. The number of fused-ring (bicyclic) bond motifs is 1. The van der Waals surface area contributed by atoms with Crippen LogP contribution in [0, 0.1) is 5.82 Å². The zero-order chi connectivity index (χ0) is 26.4. The lowest BCUT2D eigenvalue weighted by molar-refractivity contribution is -0.123. The lowest BCUT2D eigenvalue weighted by atomic mass is 9.91. The molecule has 200 valence electrons. The average Bonchev–Trinajstić information content (AvgIpc) is 3.59. The third-order valence-corrected chi connectivity index (χ3v) is 7.36. The summed E-state index contributed by atoms with van der Waals surface area (Å²) in [4.78, 5) is 36.6. The molecule has 1 aromatic heterocycles. The molecule has 9 nitrogen and oxygen atoms in total. The van der Waals surface area contributed by atoms with Crippen LogP contribution in [0.15, 0.2) is 24.4 Å². The molecule has 1 saturated heterocycles. The maximum atomic E-state index is 14.6. The van der Waals surface area contributed by atoms with Crippen molar-refractivity contribution >= 4 is 41.9 Å². The van der Waals surface area contributed by atoms with Gasteiger partial charge in [0.05, 0.1) is 5.56 Å². The Labute approximate surface area is 222 Å². The van der Waals surface area contributed by atoms with Crippen molar-refractivity contribution in [2.75, 3.05) is 43.2 Å². The molecule has 1 atom stereocenters. The number of benzene rings is 1. The van der Waals surface area contributed by atoms with Gasteiger partial charge in [-0.3, -0.25) is 9.59 Å². The highest BCUT2D eigenvalue weighted by atomic mass is 32.1. The van der Waals surface area contributed by atoms with Gasteiger partial charge in [0.25, 0.3) is 5.91 Å². The molecule has 3 aliphatic rings. The lowest BCUT2D eigenvalue weighted by Crippen LogP contribution is -2.56. The molecule has 4 N–H and O–H groups in total. The van der Waals surface area contributed by atoms with Crippen molar-refractivity contribution in [2.24, 2.45) is 0 Å². The number of halogens is 1. The topological polar surface area (TPSA) is 111 Å². The number of hydrogen-bond acceptors (Lipinski definition) is 8. The molecule has 2 aliphatic heterocycles. The summed E-state index contributed by atoms with van der Waals surface area (Å²) in [5, 5.41) is 11.5. The van der Waals surface area contributed by atoms with Gasteiger partial charge in [-0.15, -0.1) is 0 Å². The van der Waals surface area contributed by atoms with E-state index >= 15 is 0 Å². The van der Waals surface area contributed by atoms with Crippen LogP contribution in [0.3, 0.4) is 0 Å². The maximum Gasteiger partial charge on any atom is 0.254 e. The van der Waals surface area contributed by atoms with Gasteiger partial charge in [0.1, 0.15) is 17.2 Å². The minimum absolute atomic E-state index is 0.0128. The van der Waals surface area contributed by atoms with Crippen LogP contribution in [0.5, 0.6) is 0 Å². The maximum absolute atomic E-state index is 14.6. The first-order valence-electron chi connectivity index (χ1n) is 12.9. The highest BCUT2D eigenvalue weighted by molar-refractivity contribution is 7.80. The number of carbonyl (C=O) groups is 2. The van der Waals surface area contributed by atoms with Crippen molar-refractivity contribution in [3.63, 3.8) is 0 Å². The van der Waals surface area contributed by atoms with Gasteiger partial charge in [0.15, 0.2) is 0 Å². The summed E-state index contributed by atoms with van der Waals surface area (Å²) in [7, 11) is 3.75. The smallest absolute Gasteiger partial charge is 0.254 e. The van der Waals surface area contributed by atoms with Gasteiger partial charge in [-0.1, -0.05) is 12.8 Å². The number of nitrogens with zero attached hydrogens (tertiary/aromatic N) is 3. The minimum Gasteiger partial charge on any atom is -0.354 e. The van der Waals surface area contributed by atoms with Gasteiger partial charge in [-0.05, 0) is 63.7 Å². The Balaban J connectivity index is 0.00000102. The third kappa shape index (κ3) is 5.67. The van der Waals surface area contributed by atoms with E-state index in [-0.39, 0.29) is 17.5 Å². The first-order chi connectivity index (χ1) is 17.9. The molecule has 0 radical (unpaired) electrons. The molecular weight excluding hydrogens is 493 g/mol. The molecule has 1 aliphatic carbocycles. The number of anilines is 3. The molecule has 3 heterocycles. The van der Waals surface area contributed by atoms with Crippen molar-refractivity contribution in [1.29, 1.82) is 0 Å². The van der Waals surface area contributed by atoms with Gasteiger partial charge in [-0.25, -0.2) is 9.37 Å². The summed E-state index contributed by atoms with van der Waals surface area (Å²) < 4.78 is 14.6. The summed E-state index contributed by atoms with van der Waals surface area (Å²) in [6.45, 7) is 1.12. The van der Waals surface area contributed by atoms with E-state index in [2.05, 4.69) is 43.8 Å². The summed E-state index contributed by atoms with van der Waals surface area (Å²) in [5.41, 5.74) is 0.817. The number of carbonyl (C=O) groups excluding carboxylic acids is 2. The first kappa shape index (κ1) is 27.1. The number of aromatic nitrogens is 2. The van der Waals surface area contributed by atoms with Crippen molar-refractivity contribution in [1.82, 2.24) is 25.9 Å². The van der Waals surface area contributed by atoms with Crippen LogP contribution in [0.4, 0.5) is 21.8 Å². The van der Waals surface area contributed by atoms with Crippen LogP contribution in [-0.2, 0) is 11.2 Å². The zero-order valence-electron chi connectivity index (χ0n) is 21.4. The van der Waals surface area contributed by atoms with Crippen LogP contribution in [-0.4, -0.2) is 66.3 Å². The van der Waals surface area contributed by atoms with E-state index in [1.165, 1.54) is 12.1 Å². The van der Waals surface area contributed by atoms with Crippen LogP contribution >= 0.6 is 12.6 Å². The fourth-order valence-electron chi connectivity index (χ4n) is 5.42. The predicted octanol–water partition coefficient (Wildman–Crippen LogP) is 2.81. The van der Waals surface area contributed by atoms with E-state index < -0.39 is 17.3 Å². The number of nitrogens with one attached hydrogen (secondary N) is 4. The number of amides is 2. The summed E-state index contributed by atoms with van der Waals surface area (Å²) in [5.74, 6) is 0.772. The highest BCUT2D eigenvalue weighted by Gasteiger charge is 2.55. The quantitative estimate of drug-likeness (QED) is 0.277. The minimum atomic E-state index is -0.622. The standard InChI is InChI=1S/C24H29FN6O2S.C2H7N/c25-19-12-16(6-7-18(19)21(32)26-9-3-11-34)29-23-28-14-15-13-24(8-10-27-22(24)33)31(20(15)30-23)17-4-1-2-5-17;1-3-2/h6-7,12,14,17,34H,1-5,8-11,13H2,(H,26,32)(H,27,33)(H,28,29,30);3H,1-2H3. The molecule has 1 saturated carbocycles. The van der Waals surface area contributed by atoms with Crippen LogP contribution in [0.1, 0.15) is 54.4 Å². The Bertz CT molecular complexity index is 1130. The molecule has 1 unspecified atom stereocenters. The van der Waals surface area contributed by atoms with E-state index in [9.17, 15) is 14.0 Å². The lowest BCUT2D eigenvalue weighted by Gasteiger charge is -2.38. The molecule has 11 heteroatoms. The molecule has 5 rings (SSSR count). The second-order valence-electron chi connectivity index (χ2n) is 9.72. The van der Waals surface area contributed by atoms with Crippen molar-refractivity contribution in [3.8, 4) is 0 Å². The van der Waals surface area contributed by atoms with Gasteiger partial charge in [0.2, 0.25) is 11.9 Å². The van der Waals surface area contributed by atoms with Gasteiger partial charge in [0, 0.05) is 43.0 Å². The molecule has 0 bridgehead atoms. The van der Waals surface area contributed by atoms with Crippen molar-refractivity contribution < 1.29 is 14.0 Å². The van der Waals surface area contributed by atoms with E-state index in [1.54, 1.807) is 12.3 Å². The summed E-state index contributed by atoms with van der Waals surface area (Å²) in [6.07, 6.45) is 8.24. The van der Waals surface area contributed by atoms with Crippen LogP contribution in [0.2, 0.25) is 0 Å². The van der Waals surface area contributed by atoms with Gasteiger partial charge in [-0.2, -0.15) is 17.6 Å². The molecule has 37 heavy (non-hydrogen) atoms. The molecule has 2 fully saturated rings. The highest BCUT2D eigenvalue weighted by Crippen LogP contribution is 2.46. The fraction of sp³-hybridized carbons (Fsp3) is 0.538. The average molecular weight is 530 g/mol. The zero-order valence-corrected chi connectivity index (χ0v) is 22.3. The fourth-order valence-corrected chi connectivity index (χ4v) is 5.58. The van der Waals surface area contributed by atoms with Crippen molar-refractivity contribution in [3.05, 3.63) is 41.3 Å². The molecule has 1 aromatic carbocycles. The second-order valence-corrected chi connectivity index (χ2v) is 10.2. The van der Waals surface area contributed by atoms with E-state index in [4.69, 9.17) is 4.98 Å². The molecule has 2 aromatic rings. The molecule has 1 spiro atoms. The van der Waals surface area contributed by atoms with E-state index in [0.29, 0.717) is 43.3 Å². The van der Waals surface area contributed by atoms with Crippen molar-refractivity contribution in [2.45, 2.75) is 56.5 Å². The Morgan fingerprint density at radius 3 is 2.70 bits per heavy atom. The Morgan fingerprint density at radius 2 is 2.05 bits per heavy atom. The first-order valence-corrected chi connectivity index (χ1v) is 13.5. The van der Waals surface area contributed by atoms with E-state index in [0.717, 1.165) is 43.5 Å². The van der Waals surface area contributed by atoms with Gasteiger partial charge < -0.3 is 26.2 Å². The third-order valence-electron chi connectivity index (χ3n) is 7.04. The van der Waals surface area contributed by atoms with E-state index in [1.807, 2.05) is 14.1 Å². The van der Waals surface area contributed by atoms with Crippen LogP contribution < -0.4 is 26.2 Å². The predicted molar refractivity (Wildman–Crippen MR) is 146 cm³/mol. The monoisotopic (exact) mass is 529 g/mol. The Hall–Kier alpha value is -2.92. The largest absolute Gasteiger partial charge is 0.354 e. The molecular formula is C26H36FN7O2S.